The molecule has 0 aliphatic rings. The Bertz CT molecular complexity index is 524. The third kappa shape index (κ3) is 2.40. The fourth-order valence-corrected chi connectivity index (χ4v) is 2.17. The molecule has 3 nitrogen and oxygen atoms in total. The molecule has 0 amide bonds. The maximum absolute atomic E-state index is 10.9. The zero-order chi connectivity index (χ0) is 11.5. The highest BCUT2D eigenvalue weighted by atomic mass is 35.5. The molecule has 1 heterocycles. The van der Waals surface area contributed by atoms with Crippen LogP contribution in [0.25, 0.3) is 10.4 Å². The number of esters is 1. The molecule has 1 aromatic heterocycles. The van der Waals surface area contributed by atoms with E-state index >= 15 is 0 Å². The molecule has 1 aromatic carbocycles. The molecule has 0 aliphatic heterocycles. The van der Waals surface area contributed by atoms with Gasteiger partial charge in [0.05, 0.1) is 10.4 Å². The third-order valence-electron chi connectivity index (χ3n) is 1.86. The van der Waals surface area contributed by atoms with E-state index in [0.717, 1.165) is 10.4 Å². The molecule has 2 aromatic rings. The molecule has 0 spiro atoms. The number of nitrogens with zero attached hydrogens (tertiary/aromatic N) is 1. The molecule has 0 radical (unpaired) electrons. The second-order valence-electron chi connectivity index (χ2n) is 3.09. The molecule has 16 heavy (non-hydrogen) atoms. The number of hydrogen-bond donors (Lipinski definition) is 0. The van der Waals surface area contributed by atoms with Crippen molar-refractivity contribution in [1.29, 1.82) is 0 Å². The van der Waals surface area contributed by atoms with Crippen LogP contribution in [0.2, 0.25) is 5.02 Å². The largest absolute Gasteiger partial charge is 0.406 e. The van der Waals surface area contributed by atoms with Gasteiger partial charge in [0.25, 0.3) is 0 Å². The summed E-state index contributed by atoms with van der Waals surface area (Å²) in [5.41, 5.74) is 2.53. The normalized spacial score (nSPS) is 10.1. The van der Waals surface area contributed by atoms with Gasteiger partial charge in [-0.3, -0.25) is 4.79 Å². The Morgan fingerprint density at radius 2 is 2.31 bits per heavy atom. The van der Waals surface area contributed by atoms with Gasteiger partial charge in [-0.15, -0.1) is 11.3 Å². The predicted molar refractivity (Wildman–Crippen MR) is 63.9 cm³/mol. The summed E-state index contributed by atoms with van der Waals surface area (Å²) in [6.45, 7) is 1.35. The van der Waals surface area contributed by atoms with Gasteiger partial charge >= 0.3 is 5.97 Å². The van der Waals surface area contributed by atoms with E-state index in [2.05, 4.69) is 4.98 Å². The lowest BCUT2D eigenvalue weighted by atomic mass is 10.2. The summed E-state index contributed by atoms with van der Waals surface area (Å²) in [7, 11) is 0. The Morgan fingerprint density at radius 3 is 3.00 bits per heavy atom. The fourth-order valence-electron chi connectivity index (χ4n) is 1.27. The van der Waals surface area contributed by atoms with Crippen molar-refractivity contribution in [3.63, 3.8) is 0 Å². The summed E-state index contributed by atoms with van der Waals surface area (Å²) in [5.74, 6) is -0.0473. The van der Waals surface area contributed by atoms with E-state index in [-0.39, 0.29) is 5.97 Å². The van der Waals surface area contributed by atoms with Crippen molar-refractivity contribution in [2.24, 2.45) is 0 Å². The van der Waals surface area contributed by atoms with Crippen LogP contribution in [0.3, 0.4) is 0 Å². The molecule has 2 rings (SSSR count). The zero-order valence-electron chi connectivity index (χ0n) is 8.44. The molecular weight excluding hydrogens is 246 g/mol. The minimum Gasteiger partial charge on any atom is -0.406 e. The summed E-state index contributed by atoms with van der Waals surface area (Å²) in [5, 5.41) is 0.639. The van der Waals surface area contributed by atoms with Crippen molar-refractivity contribution >= 4 is 28.9 Å². The highest BCUT2D eigenvalue weighted by molar-refractivity contribution is 7.13. The summed E-state index contributed by atoms with van der Waals surface area (Å²) in [6, 6.07) is 7.33. The third-order valence-corrected chi connectivity index (χ3v) is 2.95. The monoisotopic (exact) mass is 253 g/mol. The highest BCUT2D eigenvalue weighted by Crippen LogP contribution is 2.34. The summed E-state index contributed by atoms with van der Waals surface area (Å²) in [6.07, 6.45) is 0. The van der Waals surface area contributed by atoms with E-state index in [1.165, 1.54) is 18.3 Å². The topological polar surface area (TPSA) is 39.2 Å². The number of hydrogen-bond acceptors (Lipinski definition) is 4. The van der Waals surface area contributed by atoms with Crippen LogP contribution in [0.4, 0.5) is 0 Å². The van der Waals surface area contributed by atoms with Crippen LogP contribution in [0.1, 0.15) is 6.92 Å². The molecule has 0 N–H and O–H groups in total. The smallest absolute Gasteiger partial charge is 0.309 e. The summed E-state index contributed by atoms with van der Waals surface area (Å²) in [4.78, 5) is 15.7. The van der Waals surface area contributed by atoms with Crippen LogP contribution in [-0.2, 0) is 4.79 Å². The Morgan fingerprint density at radius 1 is 1.50 bits per heavy atom. The molecule has 0 aliphatic carbocycles. The van der Waals surface area contributed by atoms with Crippen LogP contribution < -0.4 is 4.74 Å². The average molecular weight is 254 g/mol. The van der Waals surface area contributed by atoms with Crippen LogP contribution in [0, 0.1) is 0 Å². The maximum Gasteiger partial charge on any atom is 0.309 e. The summed E-state index contributed by atoms with van der Waals surface area (Å²) >= 11 is 7.30. The quantitative estimate of drug-likeness (QED) is 0.770. The molecule has 0 fully saturated rings. The number of carbonyl (C=O) groups is 1. The standard InChI is InChI=1S/C11H8ClNO2S/c1-7(14)15-11-10(16-6-13-11)8-3-2-4-9(12)5-8/h2-6H,1H3. The second-order valence-corrected chi connectivity index (χ2v) is 4.38. The first-order chi connectivity index (χ1) is 7.66. The number of rotatable bonds is 2. The Balaban J connectivity index is 2.40. The number of aromatic nitrogens is 1. The van der Waals surface area contributed by atoms with E-state index in [1.54, 1.807) is 11.6 Å². The Labute approximate surface area is 102 Å². The Hall–Kier alpha value is -1.39. The number of carbonyl (C=O) groups excluding carboxylic acids is 1. The Kier molecular flexibility index (Phi) is 3.22. The number of ether oxygens (including phenoxy) is 1. The molecule has 0 saturated carbocycles. The minimum atomic E-state index is -0.380. The maximum atomic E-state index is 10.9. The zero-order valence-corrected chi connectivity index (χ0v) is 10.0. The van der Waals surface area contributed by atoms with Gasteiger partial charge in [0.15, 0.2) is 0 Å². The number of halogens is 1. The van der Waals surface area contributed by atoms with Gasteiger partial charge < -0.3 is 4.74 Å². The van der Waals surface area contributed by atoms with Gasteiger partial charge in [0, 0.05) is 11.9 Å². The first kappa shape index (κ1) is 11.1. The van der Waals surface area contributed by atoms with E-state index in [4.69, 9.17) is 16.3 Å². The van der Waals surface area contributed by atoms with Crippen molar-refractivity contribution in [3.8, 4) is 16.3 Å². The first-order valence-electron chi connectivity index (χ1n) is 4.54. The van der Waals surface area contributed by atoms with E-state index in [1.807, 2.05) is 18.2 Å². The number of thiazole rings is 1. The molecule has 5 heteroatoms. The molecule has 82 valence electrons. The van der Waals surface area contributed by atoms with Crippen molar-refractivity contribution in [3.05, 3.63) is 34.8 Å². The molecule has 0 saturated heterocycles. The highest BCUT2D eigenvalue weighted by Gasteiger charge is 2.11. The van der Waals surface area contributed by atoms with Gasteiger partial charge in [0.1, 0.15) is 0 Å². The molecule has 0 unspecified atom stereocenters. The van der Waals surface area contributed by atoms with Gasteiger partial charge in [-0.1, -0.05) is 23.7 Å². The van der Waals surface area contributed by atoms with Crippen LogP contribution >= 0.6 is 22.9 Å². The van der Waals surface area contributed by atoms with Crippen LogP contribution in [-0.4, -0.2) is 11.0 Å². The van der Waals surface area contributed by atoms with E-state index in [9.17, 15) is 4.79 Å². The lowest BCUT2D eigenvalue weighted by Crippen LogP contribution is -2.02. The van der Waals surface area contributed by atoms with Crippen molar-refractivity contribution in [2.75, 3.05) is 0 Å². The van der Waals surface area contributed by atoms with Crippen molar-refractivity contribution < 1.29 is 9.53 Å². The van der Waals surface area contributed by atoms with Gasteiger partial charge in [-0.25, -0.2) is 4.98 Å². The second kappa shape index (κ2) is 4.63. The van der Waals surface area contributed by atoms with E-state index in [0.29, 0.717) is 10.9 Å². The fraction of sp³-hybridized carbons (Fsp3) is 0.0909. The van der Waals surface area contributed by atoms with Crippen molar-refractivity contribution in [1.82, 2.24) is 4.98 Å². The lowest BCUT2D eigenvalue weighted by molar-refractivity contribution is -0.132. The van der Waals surface area contributed by atoms with Crippen LogP contribution in [0.15, 0.2) is 29.8 Å². The van der Waals surface area contributed by atoms with Gasteiger partial charge in [-0.05, 0) is 17.7 Å². The molecular formula is C11H8ClNO2S. The SMILES string of the molecule is CC(=O)Oc1ncsc1-c1cccc(Cl)c1. The average Bonchev–Trinajstić information content (AvgIpc) is 2.65. The van der Waals surface area contributed by atoms with Gasteiger partial charge in [-0.2, -0.15) is 0 Å². The lowest BCUT2D eigenvalue weighted by Gasteiger charge is -2.02. The van der Waals surface area contributed by atoms with Crippen molar-refractivity contribution in [2.45, 2.75) is 6.92 Å². The first-order valence-corrected chi connectivity index (χ1v) is 5.80. The molecule has 0 bridgehead atoms. The molecule has 0 atom stereocenters. The predicted octanol–water partition coefficient (Wildman–Crippen LogP) is 3.39. The van der Waals surface area contributed by atoms with Crippen LogP contribution in [0.5, 0.6) is 5.88 Å². The minimum absolute atomic E-state index is 0.333. The van der Waals surface area contributed by atoms with E-state index < -0.39 is 0 Å². The summed E-state index contributed by atoms with van der Waals surface area (Å²) < 4.78 is 5.00. The number of benzene rings is 1. The van der Waals surface area contributed by atoms with Gasteiger partial charge in [0.2, 0.25) is 5.88 Å².